The minimum atomic E-state index is 0.259. The summed E-state index contributed by atoms with van der Waals surface area (Å²) in [4.78, 5) is 18.8. The molecule has 126 valence electrons. The van der Waals surface area contributed by atoms with Crippen LogP contribution < -0.4 is 4.90 Å². The standard InChI is InChI=1S/C18H26ClN3O/c1-20(13-18(23)21(2)16-7-8-16)15-9-11-22(12-10-15)17-5-3-14(19)4-6-17/h3-6,15-16H,7-13H2,1-2H3. The quantitative estimate of drug-likeness (QED) is 0.828. The van der Waals surface area contributed by atoms with Crippen molar-refractivity contribution in [1.29, 1.82) is 0 Å². The Bertz CT molecular complexity index is 536. The fourth-order valence-corrected chi connectivity index (χ4v) is 3.46. The van der Waals surface area contributed by atoms with E-state index in [4.69, 9.17) is 11.6 Å². The highest BCUT2D eigenvalue weighted by Gasteiger charge is 2.31. The summed E-state index contributed by atoms with van der Waals surface area (Å²) in [5.74, 6) is 0.259. The minimum absolute atomic E-state index is 0.259. The maximum Gasteiger partial charge on any atom is 0.236 e. The van der Waals surface area contributed by atoms with Crippen molar-refractivity contribution in [2.45, 2.75) is 37.8 Å². The molecule has 2 aliphatic rings. The Balaban J connectivity index is 1.48. The van der Waals surface area contributed by atoms with E-state index in [1.165, 1.54) is 18.5 Å². The third-order valence-corrected chi connectivity index (χ3v) is 5.40. The summed E-state index contributed by atoms with van der Waals surface area (Å²) < 4.78 is 0. The zero-order valence-corrected chi connectivity index (χ0v) is 14.8. The Kier molecular flexibility index (Phi) is 5.12. The van der Waals surface area contributed by atoms with Gasteiger partial charge >= 0.3 is 0 Å². The molecule has 5 heteroatoms. The van der Waals surface area contributed by atoms with Crippen LogP contribution in [-0.2, 0) is 4.79 Å². The van der Waals surface area contributed by atoms with Crippen molar-refractivity contribution in [2.24, 2.45) is 0 Å². The van der Waals surface area contributed by atoms with Crippen LogP contribution in [0.25, 0.3) is 0 Å². The molecule has 0 bridgehead atoms. The molecule has 23 heavy (non-hydrogen) atoms. The van der Waals surface area contributed by atoms with Gasteiger partial charge in [0.25, 0.3) is 0 Å². The van der Waals surface area contributed by atoms with Crippen LogP contribution in [0.3, 0.4) is 0 Å². The van der Waals surface area contributed by atoms with E-state index in [-0.39, 0.29) is 5.91 Å². The van der Waals surface area contributed by atoms with E-state index >= 15 is 0 Å². The maximum absolute atomic E-state index is 12.3. The molecule has 0 atom stereocenters. The SMILES string of the molecule is CN(CC(=O)N(C)C1CC1)C1CCN(c2ccc(Cl)cc2)CC1. The fraction of sp³-hybridized carbons (Fsp3) is 0.611. The summed E-state index contributed by atoms with van der Waals surface area (Å²) in [6.45, 7) is 2.60. The van der Waals surface area contributed by atoms with Gasteiger partial charge in [-0.25, -0.2) is 0 Å². The van der Waals surface area contributed by atoms with Crippen LogP contribution in [-0.4, -0.2) is 61.5 Å². The van der Waals surface area contributed by atoms with E-state index in [0.29, 0.717) is 18.6 Å². The molecule has 1 amide bonds. The first kappa shape index (κ1) is 16.6. The number of piperidine rings is 1. The van der Waals surface area contributed by atoms with E-state index in [0.717, 1.165) is 31.0 Å². The number of nitrogens with zero attached hydrogens (tertiary/aromatic N) is 3. The monoisotopic (exact) mass is 335 g/mol. The zero-order valence-electron chi connectivity index (χ0n) is 14.0. The van der Waals surface area contributed by atoms with Crippen LogP contribution >= 0.6 is 11.6 Å². The van der Waals surface area contributed by atoms with Gasteiger partial charge in [0, 0.05) is 42.9 Å². The van der Waals surface area contributed by atoms with Crippen molar-refractivity contribution in [3.63, 3.8) is 0 Å². The van der Waals surface area contributed by atoms with E-state index in [1.54, 1.807) is 0 Å². The fourth-order valence-electron chi connectivity index (χ4n) is 3.34. The Hall–Kier alpha value is -1.26. The average Bonchev–Trinajstić information content (AvgIpc) is 3.40. The predicted octanol–water partition coefficient (Wildman–Crippen LogP) is 2.86. The highest BCUT2D eigenvalue weighted by molar-refractivity contribution is 6.30. The number of benzene rings is 1. The van der Waals surface area contributed by atoms with Crippen molar-refractivity contribution in [1.82, 2.24) is 9.80 Å². The molecule has 0 N–H and O–H groups in total. The molecule has 1 aliphatic heterocycles. The normalized spacial score (nSPS) is 19.2. The summed E-state index contributed by atoms with van der Waals surface area (Å²) in [6, 6.07) is 9.06. The Morgan fingerprint density at radius 3 is 2.26 bits per heavy atom. The summed E-state index contributed by atoms with van der Waals surface area (Å²) in [5.41, 5.74) is 1.24. The van der Waals surface area contributed by atoms with Gasteiger partial charge in [-0.05, 0) is 57.0 Å². The van der Waals surface area contributed by atoms with E-state index in [9.17, 15) is 4.79 Å². The third-order valence-electron chi connectivity index (χ3n) is 5.15. The molecule has 1 aliphatic carbocycles. The number of anilines is 1. The van der Waals surface area contributed by atoms with Crippen molar-refractivity contribution in [3.8, 4) is 0 Å². The number of halogens is 1. The molecule has 1 saturated carbocycles. The maximum atomic E-state index is 12.3. The van der Waals surface area contributed by atoms with Crippen molar-refractivity contribution < 1.29 is 4.79 Å². The number of carbonyl (C=O) groups excluding carboxylic acids is 1. The first-order valence-corrected chi connectivity index (χ1v) is 8.89. The van der Waals surface area contributed by atoms with Gasteiger partial charge < -0.3 is 9.80 Å². The lowest BCUT2D eigenvalue weighted by molar-refractivity contribution is -0.131. The van der Waals surface area contributed by atoms with Gasteiger partial charge in [-0.2, -0.15) is 0 Å². The van der Waals surface area contributed by atoms with Gasteiger partial charge in [0.05, 0.1) is 6.54 Å². The number of hydrogen-bond donors (Lipinski definition) is 0. The largest absolute Gasteiger partial charge is 0.371 e. The molecule has 4 nitrogen and oxygen atoms in total. The van der Waals surface area contributed by atoms with Gasteiger partial charge in [-0.1, -0.05) is 11.6 Å². The first-order valence-electron chi connectivity index (χ1n) is 8.51. The molecular weight excluding hydrogens is 310 g/mol. The summed E-state index contributed by atoms with van der Waals surface area (Å²) in [5, 5.41) is 0.779. The lowest BCUT2D eigenvalue weighted by Gasteiger charge is -2.38. The average molecular weight is 336 g/mol. The number of likely N-dealkylation sites (N-methyl/N-ethyl adjacent to an activating group) is 2. The van der Waals surface area contributed by atoms with E-state index < -0.39 is 0 Å². The summed E-state index contributed by atoms with van der Waals surface area (Å²) in [7, 11) is 4.03. The van der Waals surface area contributed by atoms with Gasteiger partial charge in [-0.3, -0.25) is 9.69 Å². The molecule has 2 fully saturated rings. The zero-order chi connectivity index (χ0) is 16.4. The van der Waals surface area contributed by atoms with Crippen LogP contribution in [0.2, 0.25) is 5.02 Å². The molecule has 0 unspecified atom stereocenters. The number of rotatable bonds is 5. The lowest BCUT2D eigenvalue weighted by atomic mass is 10.0. The second-order valence-electron chi connectivity index (χ2n) is 6.85. The van der Waals surface area contributed by atoms with E-state index in [1.807, 2.05) is 24.1 Å². The lowest BCUT2D eigenvalue weighted by Crippen LogP contribution is -2.47. The van der Waals surface area contributed by atoms with Crippen LogP contribution in [0.5, 0.6) is 0 Å². The van der Waals surface area contributed by atoms with E-state index in [2.05, 4.69) is 29.0 Å². The molecule has 1 aromatic carbocycles. The molecule has 0 aromatic heterocycles. The first-order chi connectivity index (χ1) is 11.0. The highest BCUT2D eigenvalue weighted by Crippen LogP contribution is 2.26. The number of carbonyl (C=O) groups is 1. The third kappa shape index (κ3) is 4.18. The van der Waals surface area contributed by atoms with Crippen LogP contribution in [0.1, 0.15) is 25.7 Å². The van der Waals surface area contributed by atoms with Crippen molar-refractivity contribution >= 4 is 23.2 Å². The second-order valence-corrected chi connectivity index (χ2v) is 7.28. The highest BCUT2D eigenvalue weighted by atomic mass is 35.5. The second kappa shape index (κ2) is 7.10. The molecule has 0 spiro atoms. The molecule has 1 heterocycles. The van der Waals surface area contributed by atoms with Crippen molar-refractivity contribution in [2.75, 3.05) is 38.6 Å². The molecule has 1 saturated heterocycles. The van der Waals surface area contributed by atoms with Crippen molar-refractivity contribution in [3.05, 3.63) is 29.3 Å². The molecule has 3 rings (SSSR count). The number of amides is 1. The Labute approximate surface area is 144 Å². The molecular formula is C18H26ClN3O. The smallest absolute Gasteiger partial charge is 0.236 e. The molecule has 1 aromatic rings. The van der Waals surface area contributed by atoms with Gasteiger partial charge in [0.15, 0.2) is 0 Å². The van der Waals surface area contributed by atoms with Gasteiger partial charge in [0.1, 0.15) is 0 Å². The minimum Gasteiger partial charge on any atom is -0.371 e. The Morgan fingerprint density at radius 1 is 1.09 bits per heavy atom. The topological polar surface area (TPSA) is 26.8 Å². The summed E-state index contributed by atoms with van der Waals surface area (Å²) in [6.07, 6.45) is 4.54. The van der Waals surface area contributed by atoms with Crippen LogP contribution in [0, 0.1) is 0 Å². The number of hydrogen-bond acceptors (Lipinski definition) is 3. The van der Waals surface area contributed by atoms with Crippen LogP contribution in [0.15, 0.2) is 24.3 Å². The molecule has 0 radical (unpaired) electrons. The van der Waals surface area contributed by atoms with Crippen LogP contribution in [0.4, 0.5) is 5.69 Å². The predicted molar refractivity (Wildman–Crippen MR) is 95.1 cm³/mol. The van der Waals surface area contributed by atoms with Gasteiger partial charge in [0.2, 0.25) is 5.91 Å². The Morgan fingerprint density at radius 2 is 1.70 bits per heavy atom. The van der Waals surface area contributed by atoms with Gasteiger partial charge in [-0.15, -0.1) is 0 Å². The summed E-state index contributed by atoms with van der Waals surface area (Å²) >= 11 is 5.95.